The first kappa shape index (κ1) is 22.5. The number of rotatable bonds is 7. The molecule has 1 aliphatic rings. The maximum absolute atomic E-state index is 12.5. The Morgan fingerprint density at radius 1 is 1.15 bits per heavy atom. The van der Waals surface area contributed by atoms with E-state index in [9.17, 15) is 22.8 Å². The first-order valence-electron chi connectivity index (χ1n) is 10.3. The predicted octanol–water partition coefficient (Wildman–Crippen LogP) is 3.84. The van der Waals surface area contributed by atoms with Crippen LogP contribution in [0, 0.1) is 0 Å². The Kier molecular flexibility index (Phi) is 6.45. The van der Waals surface area contributed by atoms with E-state index in [0.29, 0.717) is 35.5 Å². The van der Waals surface area contributed by atoms with E-state index in [1.54, 1.807) is 35.0 Å². The van der Waals surface area contributed by atoms with Gasteiger partial charge in [-0.05, 0) is 30.2 Å². The average molecular weight is 458 g/mol. The highest BCUT2D eigenvalue weighted by Crippen LogP contribution is 2.27. The van der Waals surface area contributed by atoms with Gasteiger partial charge in [0.05, 0.1) is 18.0 Å². The number of para-hydroxylation sites is 1. The molecule has 1 atom stereocenters. The van der Waals surface area contributed by atoms with Gasteiger partial charge in [0.1, 0.15) is 12.6 Å². The van der Waals surface area contributed by atoms with Crippen LogP contribution in [0.15, 0.2) is 60.7 Å². The number of hydrogen-bond donors (Lipinski definition) is 2. The summed E-state index contributed by atoms with van der Waals surface area (Å²) in [7, 11) is 0. The van der Waals surface area contributed by atoms with Crippen LogP contribution in [0.25, 0.3) is 16.9 Å². The van der Waals surface area contributed by atoms with Gasteiger partial charge in [-0.15, -0.1) is 5.10 Å². The van der Waals surface area contributed by atoms with Crippen LogP contribution in [-0.2, 0) is 20.9 Å². The third-order valence-corrected chi connectivity index (χ3v) is 5.03. The van der Waals surface area contributed by atoms with Gasteiger partial charge in [-0.25, -0.2) is 4.68 Å². The van der Waals surface area contributed by atoms with Crippen LogP contribution in [-0.4, -0.2) is 40.4 Å². The summed E-state index contributed by atoms with van der Waals surface area (Å²) >= 11 is 0. The van der Waals surface area contributed by atoms with E-state index in [2.05, 4.69) is 15.7 Å². The van der Waals surface area contributed by atoms with Gasteiger partial charge in [0.2, 0.25) is 11.8 Å². The average Bonchev–Trinajstić information content (AvgIpc) is 3.40. The molecule has 2 amide bonds. The molecule has 0 saturated carbocycles. The van der Waals surface area contributed by atoms with Crippen molar-refractivity contribution in [2.75, 3.05) is 11.9 Å². The summed E-state index contributed by atoms with van der Waals surface area (Å²) in [6.45, 7) is -1.52. The molecule has 1 fully saturated rings. The Labute approximate surface area is 187 Å². The summed E-state index contributed by atoms with van der Waals surface area (Å²) < 4.78 is 43.6. The largest absolute Gasteiger partial charge is 0.411 e. The second-order valence-corrected chi connectivity index (χ2v) is 7.62. The van der Waals surface area contributed by atoms with Crippen LogP contribution in [0.4, 0.5) is 19.0 Å². The number of carbonyl (C=O) groups excluding carboxylic acids is 2. The van der Waals surface area contributed by atoms with E-state index in [1.807, 2.05) is 30.3 Å². The third kappa shape index (κ3) is 5.78. The lowest BCUT2D eigenvalue weighted by Gasteiger charge is -2.10. The number of nitrogens with zero attached hydrogens (tertiary/aromatic N) is 2. The second-order valence-electron chi connectivity index (χ2n) is 7.62. The summed E-state index contributed by atoms with van der Waals surface area (Å²) in [5.41, 5.74) is 2.62. The van der Waals surface area contributed by atoms with Gasteiger partial charge in [0.25, 0.3) is 0 Å². The first-order chi connectivity index (χ1) is 15.8. The van der Waals surface area contributed by atoms with E-state index >= 15 is 0 Å². The molecule has 0 aliphatic carbocycles. The van der Waals surface area contributed by atoms with Crippen molar-refractivity contribution in [2.24, 2.45) is 0 Å². The topological polar surface area (TPSA) is 85.2 Å². The fourth-order valence-electron chi connectivity index (χ4n) is 3.54. The number of hydrogen-bond acceptors (Lipinski definition) is 4. The number of ether oxygens (including phenoxy) is 1. The van der Waals surface area contributed by atoms with Crippen LogP contribution in [0.3, 0.4) is 0 Å². The van der Waals surface area contributed by atoms with Gasteiger partial charge in [0.15, 0.2) is 5.82 Å². The predicted molar refractivity (Wildman–Crippen MR) is 115 cm³/mol. The summed E-state index contributed by atoms with van der Waals surface area (Å²) in [6, 6.07) is 17.2. The lowest BCUT2D eigenvalue weighted by molar-refractivity contribution is -0.176. The molecule has 2 heterocycles. The van der Waals surface area contributed by atoms with Gasteiger partial charge in [0, 0.05) is 18.1 Å². The van der Waals surface area contributed by atoms with Crippen molar-refractivity contribution < 1.29 is 27.5 Å². The van der Waals surface area contributed by atoms with Crippen molar-refractivity contribution in [3.8, 4) is 16.9 Å². The van der Waals surface area contributed by atoms with Crippen molar-refractivity contribution in [3.05, 3.63) is 66.2 Å². The van der Waals surface area contributed by atoms with Gasteiger partial charge in [-0.3, -0.25) is 9.59 Å². The van der Waals surface area contributed by atoms with Crippen molar-refractivity contribution in [3.63, 3.8) is 0 Å². The molecule has 0 radical (unpaired) electrons. The number of carbonyl (C=O) groups is 2. The second kappa shape index (κ2) is 9.45. The van der Waals surface area contributed by atoms with Gasteiger partial charge >= 0.3 is 6.18 Å². The Bertz CT molecular complexity index is 1150. The van der Waals surface area contributed by atoms with Crippen LogP contribution < -0.4 is 10.6 Å². The molecule has 3 aromatic rings. The molecule has 2 N–H and O–H groups in total. The first-order valence-corrected chi connectivity index (χ1v) is 10.3. The molecule has 172 valence electrons. The Morgan fingerprint density at radius 2 is 1.94 bits per heavy atom. The fraction of sp³-hybridized carbons (Fsp3) is 0.261. The minimum atomic E-state index is -4.39. The standard InChI is InChI=1S/C23H21F3N4O3/c24-23(25,26)14-33-13-15-5-4-6-16(11-15)19-12-20(28-22(32)18-9-10-21(31)27-18)29-30(19)17-7-2-1-3-8-17/h1-8,11-12,18H,9-10,13-14H2,(H,27,31)(H,28,29,32)/t18-/m0/s1. The van der Waals surface area contributed by atoms with Crippen LogP contribution >= 0.6 is 0 Å². The maximum Gasteiger partial charge on any atom is 0.411 e. The highest BCUT2D eigenvalue weighted by atomic mass is 19.4. The molecule has 1 saturated heterocycles. The molecule has 10 heteroatoms. The Hall–Kier alpha value is -3.66. The number of aromatic nitrogens is 2. The van der Waals surface area contributed by atoms with Crippen LogP contribution in [0.1, 0.15) is 18.4 Å². The number of benzene rings is 2. The molecule has 0 spiro atoms. The van der Waals surface area contributed by atoms with Crippen molar-refractivity contribution in [1.29, 1.82) is 0 Å². The number of alkyl halides is 3. The van der Waals surface area contributed by atoms with Crippen molar-refractivity contribution >= 4 is 17.6 Å². The highest BCUT2D eigenvalue weighted by molar-refractivity contribution is 5.98. The smallest absolute Gasteiger partial charge is 0.367 e. The SMILES string of the molecule is O=C1CC[C@@H](C(=O)Nc2cc(-c3cccc(COCC(F)(F)F)c3)n(-c3ccccc3)n2)N1. The molecule has 0 unspecified atom stereocenters. The summed E-state index contributed by atoms with van der Waals surface area (Å²) in [5.74, 6) is -0.242. The van der Waals surface area contributed by atoms with E-state index in [-0.39, 0.29) is 18.4 Å². The zero-order valence-corrected chi connectivity index (χ0v) is 17.4. The van der Waals surface area contributed by atoms with E-state index in [1.165, 1.54) is 0 Å². The van der Waals surface area contributed by atoms with Crippen LogP contribution in [0.2, 0.25) is 0 Å². The highest BCUT2D eigenvalue weighted by Gasteiger charge is 2.28. The molecule has 4 rings (SSSR count). The van der Waals surface area contributed by atoms with Gasteiger partial charge in [-0.2, -0.15) is 13.2 Å². The van der Waals surface area contributed by atoms with E-state index in [0.717, 1.165) is 5.69 Å². The van der Waals surface area contributed by atoms with Gasteiger partial charge < -0.3 is 15.4 Å². The molecule has 33 heavy (non-hydrogen) atoms. The molecular weight excluding hydrogens is 437 g/mol. The Balaban J connectivity index is 1.61. The summed E-state index contributed by atoms with van der Waals surface area (Å²) in [4.78, 5) is 23.9. The number of amides is 2. The zero-order chi connectivity index (χ0) is 23.4. The minimum Gasteiger partial charge on any atom is -0.367 e. The summed E-state index contributed by atoms with van der Waals surface area (Å²) in [6.07, 6.45) is -3.68. The Morgan fingerprint density at radius 3 is 2.64 bits per heavy atom. The summed E-state index contributed by atoms with van der Waals surface area (Å²) in [5, 5.41) is 9.86. The molecule has 1 aromatic heterocycles. The van der Waals surface area contributed by atoms with E-state index in [4.69, 9.17) is 4.74 Å². The molecule has 2 aromatic carbocycles. The molecule has 0 bridgehead atoms. The minimum absolute atomic E-state index is 0.171. The number of nitrogens with one attached hydrogen (secondary N) is 2. The molecular formula is C23H21F3N4O3. The van der Waals surface area contributed by atoms with Crippen LogP contribution in [0.5, 0.6) is 0 Å². The van der Waals surface area contributed by atoms with E-state index < -0.39 is 18.8 Å². The third-order valence-electron chi connectivity index (χ3n) is 5.03. The number of halogens is 3. The fourth-order valence-corrected chi connectivity index (χ4v) is 3.54. The van der Waals surface area contributed by atoms with Crippen molar-refractivity contribution in [1.82, 2.24) is 15.1 Å². The quantitative estimate of drug-likeness (QED) is 0.564. The number of anilines is 1. The zero-order valence-electron chi connectivity index (χ0n) is 17.4. The van der Waals surface area contributed by atoms with Gasteiger partial charge in [-0.1, -0.05) is 36.4 Å². The normalized spacial score (nSPS) is 16.0. The van der Waals surface area contributed by atoms with Crippen molar-refractivity contribution in [2.45, 2.75) is 31.7 Å². The monoisotopic (exact) mass is 458 g/mol. The lowest BCUT2D eigenvalue weighted by atomic mass is 10.1. The maximum atomic E-state index is 12.5. The molecule has 1 aliphatic heterocycles. The molecule has 7 nitrogen and oxygen atoms in total. The lowest BCUT2D eigenvalue weighted by Crippen LogP contribution is -2.37.